The number of allylic oxidation sites excluding steroid dienone is 1. The Balaban J connectivity index is 4.06. The number of hydrogen-bond donors (Lipinski definition) is 1. The zero-order valence-corrected chi connectivity index (χ0v) is 18.0. The summed E-state index contributed by atoms with van der Waals surface area (Å²) in [5.41, 5.74) is 1.22. The Labute approximate surface area is 160 Å². The molecule has 0 aromatic carbocycles. The van der Waals surface area contributed by atoms with Gasteiger partial charge in [-0.3, -0.25) is 9.59 Å². The van der Waals surface area contributed by atoms with E-state index < -0.39 is 0 Å². The van der Waals surface area contributed by atoms with Gasteiger partial charge in [0.15, 0.2) is 5.78 Å². The predicted molar refractivity (Wildman–Crippen MR) is 110 cm³/mol. The van der Waals surface area contributed by atoms with Crippen LogP contribution >= 0.6 is 0 Å². The van der Waals surface area contributed by atoms with Crippen LogP contribution in [0.15, 0.2) is 24.3 Å². The van der Waals surface area contributed by atoms with Gasteiger partial charge in [-0.05, 0) is 32.3 Å². The molecule has 0 aliphatic heterocycles. The van der Waals surface area contributed by atoms with Gasteiger partial charge in [-0.15, -0.1) is 0 Å². The molecule has 0 radical (unpaired) electrons. The first-order valence-electron chi connectivity index (χ1n) is 9.63. The lowest BCUT2D eigenvalue weighted by Gasteiger charge is -2.35. The molecular weight excluding hydrogens is 326 g/mol. The Hall–Kier alpha value is -1.46. The fourth-order valence-corrected chi connectivity index (χ4v) is 2.66. The molecule has 0 aliphatic rings. The number of nitrogens with one attached hydrogen (secondary N) is 1. The van der Waals surface area contributed by atoms with Crippen molar-refractivity contribution in [2.75, 3.05) is 60.9 Å². The van der Waals surface area contributed by atoms with Crippen molar-refractivity contribution in [3.63, 3.8) is 0 Å². The van der Waals surface area contributed by atoms with Gasteiger partial charge in [0, 0.05) is 25.0 Å². The van der Waals surface area contributed by atoms with Gasteiger partial charge in [0.25, 0.3) is 0 Å². The standard InChI is InChI=1S/C21H40N3O2/c1-18(2)20(25)12-9-10-14-23(5,6)16-17-24(7,8)15-11-13-22-21(26)19(3)4/h1,3,9-17H2,2,4-8H3/q+1/p+1. The smallest absolute Gasteiger partial charge is 0.246 e. The zero-order chi connectivity index (χ0) is 20.4. The summed E-state index contributed by atoms with van der Waals surface area (Å²) in [7, 11) is 9.00. The number of amides is 1. The maximum absolute atomic E-state index is 11.6. The van der Waals surface area contributed by atoms with Crippen molar-refractivity contribution in [3.05, 3.63) is 24.3 Å². The van der Waals surface area contributed by atoms with E-state index in [4.69, 9.17) is 0 Å². The van der Waals surface area contributed by atoms with E-state index in [0.29, 0.717) is 24.1 Å². The third-order valence-electron chi connectivity index (χ3n) is 4.82. The molecule has 0 spiro atoms. The second kappa shape index (κ2) is 11.3. The van der Waals surface area contributed by atoms with E-state index >= 15 is 0 Å². The molecule has 0 fully saturated rings. The molecule has 0 aliphatic carbocycles. The van der Waals surface area contributed by atoms with E-state index in [1.54, 1.807) is 13.8 Å². The predicted octanol–water partition coefficient (Wildman–Crippen LogP) is 2.54. The molecule has 0 saturated heterocycles. The SMILES string of the molecule is C=C(C)C(=O)CCCC[N+](C)(C)CC[N+](C)(C)CCCNC(=O)C(=C)C. The zero-order valence-electron chi connectivity index (χ0n) is 18.0. The molecule has 1 N–H and O–H groups in total. The van der Waals surface area contributed by atoms with Crippen LogP contribution in [0.4, 0.5) is 0 Å². The minimum Gasteiger partial charge on any atom is -0.352 e. The Kier molecular flexibility index (Phi) is 10.7. The molecule has 0 rings (SSSR count). The van der Waals surface area contributed by atoms with Crippen molar-refractivity contribution < 1.29 is 18.6 Å². The number of carbonyl (C=O) groups is 2. The van der Waals surface area contributed by atoms with Gasteiger partial charge in [0.05, 0.1) is 41.3 Å². The van der Waals surface area contributed by atoms with Crippen LogP contribution in [0, 0.1) is 0 Å². The van der Waals surface area contributed by atoms with Crippen LogP contribution in [-0.2, 0) is 9.59 Å². The number of carbonyl (C=O) groups excluding carboxylic acids is 2. The molecule has 0 heterocycles. The van der Waals surface area contributed by atoms with Gasteiger partial charge in [0.2, 0.25) is 5.91 Å². The fraction of sp³-hybridized carbons (Fsp3) is 0.714. The summed E-state index contributed by atoms with van der Waals surface area (Å²) in [6, 6.07) is 0. The summed E-state index contributed by atoms with van der Waals surface area (Å²) in [5, 5.41) is 2.89. The van der Waals surface area contributed by atoms with Crippen LogP contribution in [0.25, 0.3) is 0 Å². The van der Waals surface area contributed by atoms with Crippen LogP contribution < -0.4 is 5.32 Å². The van der Waals surface area contributed by atoms with Gasteiger partial charge < -0.3 is 14.3 Å². The van der Waals surface area contributed by atoms with Crippen molar-refractivity contribution in [2.45, 2.75) is 39.5 Å². The van der Waals surface area contributed by atoms with Crippen molar-refractivity contribution in [1.29, 1.82) is 0 Å². The molecule has 5 nitrogen and oxygen atoms in total. The van der Waals surface area contributed by atoms with Crippen molar-refractivity contribution in [1.82, 2.24) is 5.32 Å². The molecule has 1 amide bonds. The van der Waals surface area contributed by atoms with Gasteiger partial charge in [0.1, 0.15) is 13.1 Å². The van der Waals surface area contributed by atoms with E-state index in [1.165, 1.54) is 0 Å². The third kappa shape index (κ3) is 12.0. The summed E-state index contributed by atoms with van der Waals surface area (Å²) in [4.78, 5) is 23.1. The van der Waals surface area contributed by atoms with Gasteiger partial charge >= 0.3 is 0 Å². The number of hydrogen-bond acceptors (Lipinski definition) is 2. The summed E-state index contributed by atoms with van der Waals surface area (Å²) >= 11 is 0. The summed E-state index contributed by atoms with van der Waals surface area (Å²) in [6.45, 7) is 15.9. The first-order valence-corrected chi connectivity index (χ1v) is 9.63. The highest BCUT2D eigenvalue weighted by Gasteiger charge is 2.22. The van der Waals surface area contributed by atoms with Gasteiger partial charge in [-0.2, -0.15) is 0 Å². The highest BCUT2D eigenvalue weighted by Crippen LogP contribution is 2.08. The quantitative estimate of drug-likeness (QED) is 0.291. The largest absolute Gasteiger partial charge is 0.352 e. The summed E-state index contributed by atoms with van der Waals surface area (Å²) < 4.78 is 1.91. The highest BCUT2D eigenvalue weighted by atomic mass is 16.1. The maximum atomic E-state index is 11.6. The van der Waals surface area contributed by atoms with Gasteiger partial charge in [-0.25, -0.2) is 0 Å². The van der Waals surface area contributed by atoms with Crippen LogP contribution in [0.5, 0.6) is 0 Å². The number of ketones is 1. The lowest BCUT2D eigenvalue weighted by molar-refractivity contribution is -0.946. The first kappa shape index (κ1) is 24.5. The lowest BCUT2D eigenvalue weighted by Crippen LogP contribution is -2.51. The molecule has 0 aromatic heterocycles. The number of rotatable bonds is 14. The highest BCUT2D eigenvalue weighted by molar-refractivity contribution is 5.94. The summed E-state index contributed by atoms with van der Waals surface area (Å²) in [6.07, 6.45) is 3.58. The molecule has 26 heavy (non-hydrogen) atoms. The van der Waals surface area contributed by atoms with Crippen LogP contribution in [0.3, 0.4) is 0 Å². The molecule has 5 heteroatoms. The minimum atomic E-state index is -0.0572. The Bertz CT molecular complexity index is 461. The van der Waals surface area contributed by atoms with Crippen LogP contribution in [-0.4, -0.2) is 81.6 Å². The van der Waals surface area contributed by atoms with Crippen LogP contribution in [0.1, 0.15) is 39.5 Å². The minimum absolute atomic E-state index is 0.0572. The topological polar surface area (TPSA) is 46.2 Å². The lowest BCUT2D eigenvalue weighted by atomic mass is 10.1. The average molecular weight is 368 g/mol. The van der Waals surface area contributed by atoms with E-state index in [-0.39, 0.29) is 11.7 Å². The Morgan fingerprint density at radius 1 is 0.769 bits per heavy atom. The number of Topliss-reactive ketones (excluding diaryl/α,β-unsaturated/α-hetero) is 1. The normalized spacial score (nSPS) is 11.9. The molecule has 0 aromatic rings. The molecule has 0 atom stereocenters. The maximum Gasteiger partial charge on any atom is 0.246 e. The summed E-state index contributed by atoms with van der Waals surface area (Å²) in [5.74, 6) is 0.130. The molecule has 0 bridgehead atoms. The number of quaternary nitrogens is 2. The second-order valence-electron chi connectivity index (χ2n) is 8.82. The first-order chi connectivity index (χ1) is 11.9. The molecular formula is C21H41N3O2+2. The third-order valence-corrected chi connectivity index (χ3v) is 4.82. The number of unbranched alkanes of at least 4 members (excludes halogenated alkanes) is 1. The van der Waals surface area contributed by atoms with E-state index in [2.05, 4.69) is 46.7 Å². The molecule has 150 valence electrons. The second-order valence-corrected chi connectivity index (χ2v) is 8.82. The van der Waals surface area contributed by atoms with E-state index in [1.807, 2.05) is 0 Å². The van der Waals surface area contributed by atoms with Gasteiger partial charge in [-0.1, -0.05) is 13.2 Å². The Morgan fingerprint density at radius 3 is 1.73 bits per heavy atom. The monoisotopic (exact) mass is 367 g/mol. The number of nitrogens with zero attached hydrogens (tertiary/aromatic N) is 2. The van der Waals surface area contributed by atoms with E-state index in [0.717, 1.165) is 54.4 Å². The average Bonchev–Trinajstić information content (AvgIpc) is 2.53. The van der Waals surface area contributed by atoms with Crippen molar-refractivity contribution in [2.24, 2.45) is 0 Å². The Morgan fingerprint density at radius 2 is 1.27 bits per heavy atom. The van der Waals surface area contributed by atoms with Crippen LogP contribution in [0.2, 0.25) is 0 Å². The molecule has 0 unspecified atom stereocenters. The van der Waals surface area contributed by atoms with E-state index in [9.17, 15) is 9.59 Å². The van der Waals surface area contributed by atoms with Crippen molar-refractivity contribution >= 4 is 11.7 Å². The molecule has 0 saturated carbocycles. The number of likely N-dealkylation sites (N-methyl/N-ethyl adjacent to an activating group) is 2. The fourth-order valence-electron chi connectivity index (χ4n) is 2.66. The van der Waals surface area contributed by atoms with Crippen molar-refractivity contribution in [3.8, 4) is 0 Å².